The highest BCUT2D eigenvalue weighted by Crippen LogP contribution is 2.40. The van der Waals surface area contributed by atoms with E-state index >= 15 is 0 Å². The number of hydrogen-bond donors (Lipinski definition) is 0. The Kier molecular flexibility index (Phi) is 3.52. The van der Waals surface area contributed by atoms with Gasteiger partial charge in [0.05, 0.1) is 6.07 Å². The second kappa shape index (κ2) is 5.15. The maximum Gasteiger partial charge on any atom is 0.243 e. The van der Waals surface area contributed by atoms with Gasteiger partial charge in [0.15, 0.2) is 0 Å². The molecule has 19 heavy (non-hydrogen) atoms. The number of nitriles is 1. The molecule has 1 amide bonds. The summed E-state index contributed by atoms with van der Waals surface area (Å²) in [7, 11) is 0. The Morgan fingerprint density at radius 1 is 1.05 bits per heavy atom. The van der Waals surface area contributed by atoms with E-state index in [0.717, 1.165) is 50.6 Å². The zero-order valence-corrected chi connectivity index (χ0v) is 11.7. The summed E-state index contributed by atoms with van der Waals surface area (Å²) >= 11 is 0. The molecule has 0 N–H and O–H groups in total. The molecule has 3 heteroatoms. The minimum atomic E-state index is -0.679. The normalized spacial score (nSPS) is 25.6. The van der Waals surface area contributed by atoms with Gasteiger partial charge in [-0.05, 0) is 50.4 Å². The number of carbonyl (C=O) groups is 1. The molecule has 0 aromatic rings. The SMILES string of the molecule is N#CC1(C(=O)N(CC2CC2)CC2CC2)CCCCC1. The summed E-state index contributed by atoms with van der Waals surface area (Å²) in [4.78, 5) is 14.9. The van der Waals surface area contributed by atoms with Gasteiger partial charge in [-0.25, -0.2) is 0 Å². The van der Waals surface area contributed by atoms with Crippen molar-refractivity contribution in [2.24, 2.45) is 17.3 Å². The van der Waals surface area contributed by atoms with Gasteiger partial charge >= 0.3 is 0 Å². The summed E-state index contributed by atoms with van der Waals surface area (Å²) in [6.45, 7) is 1.83. The van der Waals surface area contributed by atoms with Gasteiger partial charge in [0.2, 0.25) is 5.91 Å². The maximum atomic E-state index is 12.9. The van der Waals surface area contributed by atoms with Crippen molar-refractivity contribution in [2.45, 2.75) is 57.8 Å². The monoisotopic (exact) mass is 260 g/mol. The molecule has 0 atom stereocenters. The molecule has 0 spiro atoms. The fourth-order valence-electron chi connectivity index (χ4n) is 3.30. The number of carbonyl (C=O) groups excluding carboxylic acids is 1. The van der Waals surface area contributed by atoms with E-state index in [4.69, 9.17) is 0 Å². The molecule has 3 rings (SSSR count). The first-order valence-corrected chi connectivity index (χ1v) is 7.94. The number of rotatable bonds is 5. The van der Waals surface area contributed by atoms with Crippen LogP contribution in [0.1, 0.15) is 57.8 Å². The van der Waals surface area contributed by atoms with Crippen molar-refractivity contribution in [3.63, 3.8) is 0 Å². The van der Waals surface area contributed by atoms with Crippen molar-refractivity contribution in [3.8, 4) is 6.07 Å². The minimum absolute atomic E-state index is 0.161. The van der Waals surface area contributed by atoms with E-state index in [1.807, 2.05) is 0 Å². The van der Waals surface area contributed by atoms with Gasteiger partial charge in [0.1, 0.15) is 5.41 Å². The van der Waals surface area contributed by atoms with Gasteiger partial charge < -0.3 is 4.90 Å². The summed E-state index contributed by atoms with van der Waals surface area (Å²) < 4.78 is 0. The predicted octanol–water partition coefficient (Wildman–Crippen LogP) is 3.11. The van der Waals surface area contributed by atoms with Crippen LogP contribution in [0.15, 0.2) is 0 Å². The second-order valence-electron chi connectivity index (χ2n) is 6.85. The van der Waals surface area contributed by atoms with Gasteiger partial charge in [0.25, 0.3) is 0 Å². The molecule has 3 fully saturated rings. The standard InChI is InChI=1S/C16H24N2O/c17-12-16(8-2-1-3-9-16)15(19)18(10-13-4-5-13)11-14-6-7-14/h13-14H,1-11H2. The van der Waals surface area contributed by atoms with Gasteiger partial charge in [-0.1, -0.05) is 19.3 Å². The quantitative estimate of drug-likeness (QED) is 0.762. The third kappa shape index (κ3) is 2.94. The number of nitrogens with zero attached hydrogens (tertiary/aromatic N) is 2. The van der Waals surface area contributed by atoms with Crippen molar-refractivity contribution in [1.29, 1.82) is 5.26 Å². The van der Waals surface area contributed by atoms with Crippen LogP contribution in [0.4, 0.5) is 0 Å². The summed E-state index contributed by atoms with van der Waals surface area (Å²) in [5, 5.41) is 9.56. The fourth-order valence-corrected chi connectivity index (χ4v) is 3.30. The lowest BCUT2D eigenvalue weighted by atomic mass is 9.74. The molecule has 104 valence electrons. The minimum Gasteiger partial charge on any atom is -0.341 e. The molecule has 0 aliphatic heterocycles. The Bertz CT molecular complexity index is 370. The van der Waals surface area contributed by atoms with Crippen LogP contribution in [-0.2, 0) is 4.79 Å². The second-order valence-corrected chi connectivity index (χ2v) is 6.85. The average Bonchev–Trinajstić information content (AvgIpc) is 3.33. The highest BCUT2D eigenvalue weighted by atomic mass is 16.2. The summed E-state index contributed by atoms with van der Waals surface area (Å²) in [6.07, 6.45) is 9.92. The van der Waals surface area contributed by atoms with Crippen LogP contribution in [0.3, 0.4) is 0 Å². The fraction of sp³-hybridized carbons (Fsp3) is 0.875. The third-order valence-corrected chi connectivity index (χ3v) is 4.97. The van der Waals surface area contributed by atoms with Gasteiger partial charge in [-0.2, -0.15) is 5.26 Å². The van der Waals surface area contributed by atoms with Gasteiger partial charge in [-0.15, -0.1) is 0 Å². The largest absolute Gasteiger partial charge is 0.341 e. The van der Waals surface area contributed by atoms with Crippen molar-refractivity contribution in [2.75, 3.05) is 13.1 Å². The summed E-state index contributed by atoms with van der Waals surface area (Å²) in [6, 6.07) is 2.39. The van der Waals surface area contributed by atoms with Crippen molar-refractivity contribution in [1.82, 2.24) is 4.90 Å². The summed E-state index contributed by atoms with van der Waals surface area (Å²) in [5.74, 6) is 1.61. The molecule has 0 bridgehead atoms. The molecule has 3 aliphatic rings. The first-order valence-electron chi connectivity index (χ1n) is 7.94. The molecule has 0 aromatic carbocycles. The summed E-state index contributed by atoms with van der Waals surface area (Å²) in [5.41, 5.74) is -0.679. The highest BCUT2D eigenvalue weighted by molar-refractivity contribution is 5.85. The zero-order valence-electron chi connectivity index (χ0n) is 11.7. The van der Waals surface area contributed by atoms with Crippen LogP contribution in [0.5, 0.6) is 0 Å². The molecule has 0 radical (unpaired) electrons. The Labute approximate surface area is 116 Å². The van der Waals surface area contributed by atoms with Crippen LogP contribution < -0.4 is 0 Å². The van der Waals surface area contributed by atoms with E-state index in [2.05, 4.69) is 11.0 Å². The third-order valence-electron chi connectivity index (χ3n) is 4.97. The smallest absolute Gasteiger partial charge is 0.243 e. The number of hydrogen-bond acceptors (Lipinski definition) is 2. The lowest BCUT2D eigenvalue weighted by molar-refractivity contribution is -0.141. The van der Waals surface area contributed by atoms with Crippen molar-refractivity contribution >= 4 is 5.91 Å². The Balaban J connectivity index is 1.70. The van der Waals surface area contributed by atoms with Crippen molar-refractivity contribution < 1.29 is 4.79 Å². The van der Waals surface area contributed by atoms with Crippen LogP contribution in [0.2, 0.25) is 0 Å². The Hall–Kier alpha value is -1.04. The van der Waals surface area contributed by atoms with Crippen LogP contribution in [-0.4, -0.2) is 23.9 Å². The molecule has 0 saturated heterocycles. The maximum absolute atomic E-state index is 12.9. The predicted molar refractivity (Wildman–Crippen MR) is 73.2 cm³/mol. The van der Waals surface area contributed by atoms with Crippen LogP contribution in [0.25, 0.3) is 0 Å². The molecule has 0 unspecified atom stereocenters. The Morgan fingerprint density at radius 2 is 1.58 bits per heavy atom. The molecular formula is C16H24N2O. The first-order chi connectivity index (χ1) is 9.23. The van der Waals surface area contributed by atoms with E-state index in [1.165, 1.54) is 32.1 Å². The molecule has 0 aromatic heterocycles. The molecular weight excluding hydrogens is 236 g/mol. The van der Waals surface area contributed by atoms with Crippen molar-refractivity contribution in [3.05, 3.63) is 0 Å². The Morgan fingerprint density at radius 3 is 2.00 bits per heavy atom. The topological polar surface area (TPSA) is 44.1 Å². The molecule has 0 heterocycles. The molecule has 3 nitrogen and oxygen atoms in total. The van der Waals surface area contributed by atoms with Gasteiger partial charge in [-0.3, -0.25) is 4.79 Å². The first kappa shape index (κ1) is 13.0. The van der Waals surface area contributed by atoms with E-state index in [1.54, 1.807) is 0 Å². The van der Waals surface area contributed by atoms with E-state index < -0.39 is 5.41 Å². The van der Waals surface area contributed by atoms with Crippen LogP contribution in [0, 0.1) is 28.6 Å². The lowest BCUT2D eigenvalue weighted by Gasteiger charge is -2.35. The van der Waals surface area contributed by atoms with E-state index in [-0.39, 0.29) is 5.91 Å². The van der Waals surface area contributed by atoms with Crippen LogP contribution >= 0.6 is 0 Å². The highest BCUT2D eigenvalue weighted by Gasteiger charge is 2.44. The molecule has 3 aliphatic carbocycles. The van der Waals surface area contributed by atoms with E-state index in [9.17, 15) is 10.1 Å². The zero-order chi connectivity index (χ0) is 13.3. The number of amides is 1. The van der Waals surface area contributed by atoms with E-state index in [0.29, 0.717) is 0 Å². The molecule has 3 saturated carbocycles. The average molecular weight is 260 g/mol. The lowest BCUT2D eigenvalue weighted by Crippen LogP contribution is -2.46. The van der Waals surface area contributed by atoms with Gasteiger partial charge in [0, 0.05) is 13.1 Å².